The molecule has 0 radical (unpaired) electrons. The minimum Gasteiger partial charge on any atom is -0.497 e. The second kappa shape index (κ2) is 56.7. The van der Waals surface area contributed by atoms with Crippen LogP contribution in [0.1, 0.15) is 161 Å². The Bertz CT molecular complexity index is 6320. The molecule has 12 amide bonds. The summed E-state index contributed by atoms with van der Waals surface area (Å²) in [5, 5.41) is 77.4. The van der Waals surface area contributed by atoms with E-state index in [0.717, 1.165) is 132 Å². The summed E-state index contributed by atoms with van der Waals surface area (Å²) >= 11 is 0. The number of hydrogen-bond donors (Lipinski definition) is 12. The van der Waals surface area contributed by atoms with Gasteiger partial charge in [-0.05, 0) is 251 Å². The molecule has 796 valence electrons. The molecule has 32 nitrogen and oxygen atoms in total. The standard InChI is InChI=1S/C20H24N2O3.C19H24N2O4.C19H24N2O3.C18H19F3N2O3.C18H20F2N2O3.C18H22N2O4/c1-13-4-9-19(14(2)10-13)25-12-17-8-7-16(15-5-6-15)11-18(17)22(24)20(23)21-3;1-5-24-16-8-7-15(17(11-16)21(23)19(22)20-4)12-25-18-9-6-13(2)10-14(18)3;1-5-15-7-8-16(17(11-15)21(23)19(22)20-4)12-24-18-9-6-13(2)10-14(18)3;1-11-4-7-16(12(2)8-11)26-10-13-5-6-14(18(19,20)21)9-15(13)23(25)17(24)22-3;1-11-4-7-16(12(2)8-11)25-10-14-6-5-13(17(19)20)9-15(14)22(24)18(23)21-3;1-12-5-8-17(13(2)9-12)24-11-14-6-7-15(23-4)10-16(14)20(22)18(21)19-3/h4,7-11,15,24H,5-6,12H2,1-3H3,(H,21,23);6-11,23H,5,12H2,1-4H3,(H,20,22);6-11,23H,5,12H2,1-4H3,(H,20,22);4-9,25H,10H2,1-3H3,(H,22,24);4-9,17,24H,10H2,1-3H3,(H,21,23);5-10,22H,11H2,1-4H3,(H,19,21). The average Bonchev–Trinajstić information content (AvgIpc) is 1.57. The highest BCUT2D eigenvalue weighted by atomic mass is 19.4. The fourth-order valence-corrected chi connectivity index (χ4v) is 14.9. The van der Waals surface area contributed by atoms with Gasteiger partial charge in [0.25, 0.3) is 6.43 Å². The first kappa shape index (κ1) is 118. The van der Waals surface area contributed by atoms with E-state index >= 15 is 0 Å². The van der Waals surface area contributed by atoms with Crippen LogP contribution in [0.5, 0.6) is 46.0 Å². The molecule has 149 heavy (non-hydrogen) atoms. The highest BCUT2D eigenvalue weighted by Crippen LogP contribution is 2.43. The zero-order valence-corrected chi connectivity index (χ0v) is 87.5. The van der Waals surface area contributed by atoms with E-state index in [4.69, 9.17) is 37.9 Å². The summed E-state index contributed by atoms with van der Waals surface area (Å²) in [6.45, 7) is 28.9. The number of amides is 12. The van der Waals surface area contributed by atoms with Crippen molar-refractivity contribution in [1.82, 2.24) is 31.9 Å². The minimum absolute atomic E-state index is 0.0107. The molecular weight excluding hydrogens is 1930 g/mol. The maximum atomic E-state index is 13.0. The highest BCUT2D eigenvalue weighted by Gasteiger charge is 2.34. The number of alkyl halides is 5. The van der Waals surface area contributed by atoms with Gasteiger partial charge in [-0.2, -0.15) is 43.6 Å². The Balaban J connectivity index is 0.000000218. The molecule has 12 N–H and O–H groups in total. The number of hydrogen-bond acceptors (Lipinski definition) is 20. The van der Waals surface area contributed by atoms with E-state index < -0.39 is 54.4 Å². The first-order valence-corrected chi connectivity index (χ1v) is 47.6. The van der Waals surface area contributed by atoms with E-state index in [9.17, 15) is 82.0 Å². The number of anilines is 6. The molecule has 1 saturated carbocycles. The van der Waals surface area contributed by atoms with E-state index in [-0.39, 0.29) is 67.2 Å². The lowest BCUT2D eigenvalue weighted by Gasteiger charge is -2.20. The van der Waals surface area contributed by atoms with Gasteiger partial charge in [0.1, 0.15) is 85.6 Å². The molecule has 0 spiro atoms. The van der Waals surface area contributed by atoms with Gasteiger partial charge in [0.15, 0.2) is 0 Å². The van der Waals surface area contributed by atoms with Crippen molar-refractivity contribution in [1.29, 1.82) is 0 Å². The molecule has 1 fully saturated rings. The molecule has 1 aliphatic carbocycles. The van der Waals surface area contributed by atoms with Crippen molar-refractivity contribution in [2.24, 2.45) is 0 Å². The summed E-state index contributed by atoms with van der Waals surface area (Å²) in [6.07, 6.45) is -4.20. The number of carbonyl (C=O) groups is 6. The van der Waals surface area contributed by atoms with Crippen LogP contribution in [0, 0.1) is 83.1 Å². The van der Waals surface area contributed by atoms with Crippen LogP contribution in [0.3, 0.4) is 0 Å². The largest absolute Gasteiger partial charge is 0.497 e. The van der Waals surface area contributed by atoms with Crippen molar-refractivity contribution in [3.05, 3.63) is 341 Å². The Hall–Kier alpha value is -15.9. The van der Waals surface area contributed by atoms with Crippen LogP contribution in [0.4, 0.5) is 84.8 Å². The Labute approximate surface area is 865 Å². The summed E-state index contributed by atoms with van der Waals surface area (Å²) in [7, 11) is 9.95. The normalized spacial score (nSPS) is 11.0. The van der Waals surface area contributed by atoms with Gasteiger partial charge in [0, 0.05) is 93.4 Å². The van der Waals surface area contributed by atoms with Gasteiger partial charge >= 0.3 is 42.4 Å². The molecule has 12 aromatic rings. The van der Waals surface area contributed by atoms with Crippen LogP contribution in [0.25, 0.3) is 0 Å². The first-order chi connectivity index (χ1) is 70.8. The lowest BCUT2D eigenvalue weighted by atomic mass is 10.1. The molecule has 37 heteroatoms. The third-order valence-electron chi connectivity index (χ3n) is 23.2. The predicted octanol–water partition coefficient (Wildman–Crippen LogP) is 24.3. The number of carbonyl (C=O) groups excluding carboxylic acids is 6. The molecule has 13 rings (SSSR count). The summed E-state index contributed by atoms with van der Waals surface area (Å²) in [4.78, 5) is 70.4. The average molecular weight is 2060 g/mol. The third kappa shape index (κ3) is 34.6. The van der Waals surface area contributed by atoms with E-state index in [1.54, 1.807) is 48.5 Å². The van der Waals surface area contributed by atoms with Crippen LogP contribution in [-0.2, 0) is 52.2 Å². The van der Waals surface area contributed by atoms with Crippen molar-refractivity contribution in [3.8, 4) is 46.0 Å². The van der Waals surface area contributed by atoms with Gasteiger partial charge in [0.05, 0.1) is 53.4 Å². The number of nitrogens with zero attached hydrogens (tertiary/aromatic N) is 6. The Morgan fingerprint density at radius 1 is 0.315 bits per heavy atom. The van der Waals surface area contributed by atoms with Gasteiger partial charge in [-0.15, -0.1) is 0 Å². The van der Waals surface area contributed by atoms with Gasteiger partial charge < -0.3 is 69.8 Å². The first-order valence-electron chi connectivity index (χ1n) is 47.6. The molecule has 12 aromatic carbocycles. The zero-order chi connectivity index (χ0) is 110. The molecular formula is C112H133F5N12O20. The maximum Gasteiger partial charge on any atom is 0.416 e. The zero-order valence-electron chi connectivity index (χ0n) is 87.5. The Morgan fingerprint density at radius 2 is 0.570 bits per heavy atom. The minimum atomic E-state index is -4.61. The SMILES string of the molecule is CCOc1ccc(COc2ccc(C)cc2C)c(N(O)C(=O)NC)c1.CCc1ccc(COc2ccc(C)cc2C)c(N(O)C(=O)NC)c1.CNC(=O)N(O)c1cc(C(F)(F)F)ccc1COc1ccc(C)cc1C.CNC(=O)N(O)c1cc(C(F)F)ccc1COc1ccc(C)cc1C.CNC(=O)N(O)c1cc(C2CC2)ccc1COc1ccc(C)cc1C.CNC(=O)N(O)c1cc(OC)ccc1COc1ccc(C)cc1C. The van der Waals surface area contributed by atoms with E-state index in [0.29, 0.717) is 106 Å². The number of hydroxylamine groups is 6. The lowest BCUT2D eigenvalue weighted by Crippen LogP contribution is -2.36. The molecule has 0 atom stereocenters. The topological polar surface area (TPSA) is 389 Å². The fraction of sp³-hybridized carbons (Fsp3) is 0.304. The number of rotatable bonds is 30. The van der Waals surface area contributed by atoms with Crippen LogP contribution >= 0.6 is 0 Å². The number of aryl methyl sites for hydroxylation is 13. The molecule has 0 saturated heterocycles. The van der Waals surface area contributed by atoms with Crippen molar-refractivity contribution < 1.29 is 120 Å². The van der Waals surface area contributed by atoms with Crippen LogP contribution < -0.4 is 100 Å². The number of benzene rings is 12. The predicted molar refractivity (Wildman–Crippen MR) is 562 cm³/mol. The quantitative estimate of drug-likeness (QED) is 0.0113. The molecule has 0 bridgehead atoms. The Morgan fingerprint density at radius 3 is 0.839 bits per heavy atom. The van der Waals surface area contributed by atoms with Gasteiger partial charge in [0.2, 0.25) is 0 Å². The van der Waals surface area contributed by atoms with E-state index in [1.807, 2.05) is 212 Å². The van der Waals surface area contributed by atoms with E-state index in [2.05, 4.69) is 50.1 Å². The van der Waals surface area contributed by atoms with E-state index in [1.165, 1.54) is 78.7 Å². The van der Waals surface area contributed by atoms with Gasteiger partial charge in [-0.25, -0.2) is 37.5 Å². The highest BCUT2D eigenvalue weighted by molar-refractivity contribution is 5.94. The monoisotopic (exact) mass is 2060 g/mol. The Kier molecular flexibility index (Phi) is 45.0. The van der Waals surface area contributed by atoms with Crippen molar-refractivity contribution in [3.63, 3.8) is 0 Å². The molecule has 0 unspecified atom stereocenters. The second-order valence-corrected chi connectivity index (χ2v) is 34.8. The number of nitrogens with one attached hydrogen (secondary N) is 6. The summed E-state index contributed by atoms with van der Waals surface area (Å²) in [6, 6.07) is 59.0. The summed E-state index contributed by atoms with van der Waals surface area (Å²) in [5.41, 5.74) is 18.3. The number of ether oxygens (including phenoxy) is 8. The lowest BCUT2D eigenvalue weighted by molar-refractivity contribution is -0.137. The van der Waals surface area contributed by atoms with Crippen LogP contribution in [0.2, 0.25) is 0 Å². The third-order valence-corrected chi connectivity index (χ3v) is 23.2. The molecule has 1 aliphatic rings. The van der Waals surface area contributed by atoms with Gasteiger partial charge in [-0.3, -0.25) is 31.2 Å². The van der Waals surface area contributed by atoms with Gasteiger partial charge in [-0.1, -0.05) is 156 Å². The summed E-state index contributed by atoms with van der Waals surface area (Å²) in [5.74, 6) is 5.93. The molecule has 0 heterocycles. The second-order valence-electron chi connectivity index (χ2n) is 34.8. The van der Waals surface area contributed by atoms with Crippen LogP contribution in [0.15, 0.2) is 218 Å². The fourth-order valence-electron chi connectivity index (χ4n) is 14.9. The van der Waals surface area contributed by atoms with Crippen molar-refractivity contribution in [2.45, 2.75) is 174 Å². The molecule has 0 aromatic heterocycles. The molecule has 0 aliphatic heterocycles. The van der Waals surface area contributed by atoms with Crippen molar-refractivity contribution in [2.75, 3.05) is 86.4 Å². The van der Waals surface area contributed by atoms with Crippen LogP contribution in [-0.4, -0.2) is 123 Å². The smallest absolute Gasteiger partial charge is 0.416 e. The maximum absolute atomic E-state index is 13.0. The number of urea groups is 6. The number of methoxy groups -OCH3 is 1. The number of halogens is 5. The van der Waals surface area contributed by atoms with Crippen molar-refractivity contribution >= 4 is 70.3 Å². The summed E-state index contributed by atoms with van der Waals surface area (Å²) < 4.78 is 110.